The normalized spacial score (nSPS) is 13.6. The van der Waals surface area contributed by atoms with E-state index in [9.17, 15) is 18.0 Å². The van der Waals surface area contributed by atoms with E-state index in [4.69, 9.17) is 14.2 Å². The lowest BCUT2D eigenvalue weighted by Gasteiger charge is -2.12. The Morgan fingerprint density at radius 2 is 1.72 bits per heavy atom. The van der Waals surface area contributed by atoms with Gasteiger partial charge in [0.15, 0.2) is 23.9 Å². The number of carbonyl (C=O) groups excluding carboxylic acids is 2. The van der Waals surface area contributed by atoms with E-state index in [0.29, 0.717) is 30.3 Å². The van der Waals surface area contributed by atoms with Gasteiger partial charge >= 0.3 is 5.97 Å². The molecule has 2 aromatic rings. The molecule has 1 heterocycles. The molecule has 0 saturated carbocycles. The highest BCUT2D eigenvalue weighted by Crippen LogP contribution is 2.30. The van der Waals surface area contributed by atoms with Gasteiger partial charge < -0.3 is 14.2 Å². The van der Waals surface area contributed by atoms with Crippen molar-refractivity contribution in [3.8, 4) is 11.5 Å². The molecule has 29 heavy (non-hydrogen) atoms. The number of Topliss-reactive ketones (excluding diaryl/α,β-unsaturated/α-hetero) is 1. The Hall–Kier alpha value is -2.91. The number of ether oxygens (including phenoxy) is 3. The summed E-state index contributed by atoms with van der Waals surface area (Å²) in [5.74, 6) is -0.161. The Balaban J connectivity index is 1.68. The molecule has 0 spiro atoms. The van der Waals surface area contributed by atoms with Crippen LogP contribution in [0.2, 0.25) is 0 Å². The molecule has 0 aliphatic carbocycles. The fraction of sp³-hybridized carbons (Fsp3) is 0.300. The molecule has 1 aliphatic heterocycles. The summed E-state index contributed by atoms with van der Waals surface area (Å²) in [6.45, 7) is 0.551. The van der Waals surface area contributed by atoms with Crippen LogP contribution in [0.4, 0.5) is 0 Å². The maximum Gasteiger partial charge on any atom is 0.338 e. The first-order valence-electron chi connectivity index (χ1n) is 8.91. The summed E-state index contributed by atoms with van der Waals surface area (Å²) in [5, 5.41) is 0. The van der Waals surface area contributed by atoms with Gasteiger partial charge in [-0.05, 0) is 36.4 Å². The van der Waals surface area contributed by atoms with Crippen LogP contribution < -0.4 is 9.47 Å². The van der Waals surface area contributed by atoms with Gasteiger partial charge in [-0.2, -0.15) is 0 Å². The summed E-state index contributed by atoms with van der Waals surface area (Å²) in [6, 6.07) is 10.2. The third-order valence-corrected chi connectivity index (χ3v) is 6.06. The highest BCUT2D eigenvalue weighted by Gasteiger charge is 2.20. The summed E-state index contributed by atoms with van der Waals surface area (Å²) in [5.41, 5.74) is 0.366. The second-order valence-electron chi connectivity index (χ2n) is 6.53. The van der Waals surface area contributed by atoms with Gasteiger partial charge in [-0.3, -0.25) is 4.79 Å². The number of benzene rings is 2. The fourth-order valence-corrected chi connectivity index (χ4v) is 3.58. The number of nitrogens with zero attached hydrogens (tertiary/aromatic N) is 1. The Kier molecular flexibility index (Phi) is 6.19. The summed E-state index contributed by atoms with van der Waals surface area (Å²) in [4.78, 5) is 24.6. The average Bonchev–Trinajstić information content (AvgIpc) is 2.96. The molecule has 0 amide bonds. The topological polar surface area (TPSA) is 99.2 Å². The number of esters is 1. The minimum absolute atomic E-state index is 0.0359. The quantitative estimate of drug-likeness (QED) is 0.522. The van der Waals surface area contributed by atoms with Crippen molar-refractivity contribution in [3.63, 3.8) is 0 Å². The molecular formula is C20H21NO7S. The van der Waals surface area contributed by atoms with Crippen LogP contribution in [0.25, 0.3) is 0 Å². The second kappa shape index (κ2) is 8.62. The zero-order valence-electron chi connectivity index (χ0n) is 16.1. The highest BCUT2D eigenvalue weighted by molar-refractivity contribution is 7.89. The van der Waals surface area contributed by atoms with Crippen molar-refractivity contribution in [1.82, 2.24) is 4.31 Å². The highest BCUT2D eigenvalue weighted by atomic mass is 32.2. The molecule has 0 bridgehead atoms. The third-order valence-electron chi connectivity index (χ3n) is 4.25. The molecule has 1 aliphatic rings. The van der Waals surface area contributed by atoms with Crippen LogP contribution in [0.15, 0.2) is 47.4 Å². The Morgan fingerprint density at radius 3 is 2.45 bits per heavy atom. The van der Waals surface area contributed by atoms with Gasteiger partial charge in [0, 0.05) is 26.1 Å². The molecule has 0 radical (unpaired) electrons. The van der Waals surface area contributed by atoms with Crippen molar-refractivity contribution in [2.45, 2.75) is 11.3 Å². The summed E-state index contributed by atoms with van der Waals surface area (Å²) in [6.07, 6.45) is 0.748. The number of sulfonamides is 1. The predicted octanol–water partition coefficient (Wildman–Crippen LogP) is 2.14. The van der Waals surface area contributed by atoms with E-state index in [2.05, 4.69) is 0 Å². The molecule has 0 N–H and O–H groups in total. The zero-order chi connectivity index (χ0) is 21.0. The summed E-state index contributed by atoms with van der Waals surface area (Å²) < 4.78 is 41.6. The number of hydrogen-bond acceptors (Lipinski definition) is 7. The van der Waals surface area contributed by atoms with E-state index in [1.165, 1.54) is 38.4 Å². The van der Waals surface area contributed by atoms with Crippen molar-refractivity contribution in [2.75, 3.05) is 33.9 Å². The molecular weight excluding hydrogens is 398 g/mol. The van der Waals surface area contributed by atoms with E-state index < -0.39 is 28.4 Å². The first kappa shape index (κ1) is 20.8. The van der Waals surface area contributed by atoms with Gasteiger partial charge in [-0.15, -0.1) is 0 Å². The standard InChI is InChI=1S/C20H21NO7S/c1-21(2)29(24,25)16-6-3-5-15(11-16)20(23)28-13-17(22)14-7-8-18-19(12-14)27-10-4-9-26-18/h3,5-8,11-12H,4,9-10,13H2,1-2H3. The third kappa shape index (κ3) is 4.75. The molecule has 8 nitrogen and oxygen atoms in total. The molecule has 0 fully saturated rings. The minimum atomic E-state index is -3.69. The smallest absolute Gasteiger partial charge is 0.338 e. The van der Waals surface area contributed by atoms with Gasteiger partial charge in [0.2, 0.25) is 10.0 Å². The zero-order valence-corrected chi connectivity index (χ0v) is 16.9. The van der Waals surface area contributed by atoms with E-state index >= 15 is 0 Å². The van der Waals surface area contributed by atoms with Gasteiger partial charge in [0.1, 0.15) is 0 Å². The number of ketones is 1. The number of fused-ring (bicyclic) bond motifs is 1. The average molecular weight is 419 g/mol. The number of carbonyl (C=O) groups is 2. The van der Waals surface area contributed by atoms with E-state index in [-0.39, 0.29) is 10.5 Å². The lowest BCUT2D eigenvalue weighted by molar-refractivity contribution is 0.0474. The van der Waals surface area contributed by atoms with Crippen LogP contribution in [-0.2, 0) is 14.8 Å². The van der Waals surface area contributed by atoms with Crippen molar-refractivity contribution < 1.29 is 32.2 Å². The number of rotatable bonds is 6. The van der Waals surface area contributed by atoms with Crippen molar-refractivity contribution >= 4 is 21.8 Å². The molecule has 0 atom stereocenters. The first-order valence-corrected chi connectivity index (χ1v) is 10.4. The molecule has 0 aromatic heterocycles. The van der Waals surface area contributed by atoms with Crippen LogP contribution in [0, 0.1) is 0 Å². The van der Waals surface area contributed by atoms with Crippen LogP contribution in [0.1, 0.15) is 27.1 Å². The SMILES string of the molecule is CN(C)S(=O)(=O)c1cccc(C(=O)OCC(=O)c2ccc3c(c2)OCCCO3)c1. The van der Waals surface area contributed by atoms with Crippen molar-refractivity contribution in [3.05, 3.63) is 53.6 Å². The van der Waals surface area contributed by atoms with E-state index in [1.54, 1.807) is 18.2 Å². The fourth-order valence-electron chi connectivity index (χ4n) is 2.63. The van der Waals surface area contributed by atoms with Gasteiger partial charge in [0.05, 0.1) is 23.7 Å². The number of hydrogen-bond donors (Lipinski definition) is 0. The second-order valence-corrected chi connectivity index (χ2v) is 8.68. The Morgan fingerprint density at radius 1 is 1.00 bits per heavy atom. The first-order chi connectivity index (χ1) is 13.8. The van der Waals surface area contributed by atoms with Gasteiger partial charge in [-0.25, -0.2) is 17.5 Å². The van der Waals surface area contributed by atoms with Crippen molar-refractivity contribution in [1.29, 1.82) is 0 Å². The molecule has 0 unspecified atom stereocenters. The summed E-state index contributed by atoms with van der Waals surface area (Å²) >= 11 is 0. The molecule has 0 saturated heterocycles. The van der Waals surface area contributed by atoms with E-state index in [1.807, 2.05) is 0 Å². The minimum Gasteiger partial charge on any atom is -0.490 e. The van der Waals surface area contributed by atoms with Gasteiger partial charge in [0.25, 0.3) is 0 Å². The van der Waals surface area contributed by atoms with Crippen LogP contribution in [-0.4, -0.2) is 58.4 Å². The Bertz CT molecular complexity index is 1030. The molecule has 2 aromatic carbocycles. The van der Waals surface area contributed by atoms with Crippen molar-refractivity contribution in [2.24, 2.45) is 0 Å². The maximum atomic E-state index is 12.4. The van der Waals surface area contributed by atoms with Gasteiger partial charge in [-0.1, -0.05) is 6.07 Å². The van der Waals surface area contributed by atoms with Crippen LogP contribution >= 0.6 is 0 Å². The largest absolute Gasteiger partial charge is 0.490 e. The lowest BCUT2D eigenvalue weighted by Crippen LogP contribution is -2.22. The van der Waals surface area contributed by atoms with E-state index in [0.717, 1.165) is 10.7 Å². The van der Waals surface area contributed by atoms with Crippen LogP contribution in [0.3, 0.4) is 0 Å². The molecule has 3 rings (SSSR count). The molecule has 9 heteroatoms. The monoisotopic (exact) mass is 419 g/mol. The lowest BCUT2D eigenvalue weighted by atomic mass is 10.1. The Labute approximate surface area is 169 Å². The predicted molar refractivity (Wildman–Crippen MR) is 104 cm³/mol. The summed E-state index contributed by atoms with van der Waals surface area (Å²) in [7, 11) is -0.892. The van der Waals surface area contributed by atoms with Crippen LogP contribution in [0.5, 0.6) is 11.5 Å². The molecule has 154 valence electrons. The maximum absolute atomic E-state index is 12.4.